The molecule has 1 aliphatic heterocycles. The monoisotopic (exact) mass is 258 g/mol. The third-order valence-electron chi connectivity index (χ3n) is 3.20. The number of hydrogen-bond donors (Lipinski definition) is 1. The molecule has 1 N–H and O–H groups in total. The van der Waals surface area contributed by atoms with Gasteiger partial charge in [0.15, 0.2) is 0 Å². The van der Waals surface area contributed by atoms with E-state index in [-0.39, 0.29) is 0 Å². The second kappa shape index (κ2) is 5.71. The van der Waals surface area contributed by atoms with Gasteiger partial charge in [-0.25, -0.2) is 5.32 Å². The molecule has 0 atom stereocenters. The fourth-order valence-electron chi connectivity index (χ4n) is 2.31. The van der Waals surface area contributed by atoms with Crippen LogP contribution in [0, 0.1) is 0 Å². The van der Waals surface area contributed by atoms with Crippen molar-refractivity contribution < 1.29 is 13.2 Å². The van der Waals surface area contributed by atoms with Crippen LogP contribution in [0.15, 0.2) is 30.3 Å². The summed E-state index contributed by atoms with van der Waals surface area (Å²) >= 11 is 0. The fraction of sp³-hybridized carbons (Fsp3) is 0.538. The summed E-state index contributed by atoms with van der Waals surface area (Å²) in [7, 11) is 0. The lowest BCUT2D eigenvalue weighted by molar-refractivity contribution is -0.166. The van der Waals surface area contributed by atoms with E-state index >= 15 is 0 Å². The molecule has 1 fully saturated rings. The minimum atomic E-state index is -4.26. The molecule has 2 nitrogen and oxygen atoms in total. The Kier molecular flexibility index (Phi) is 4.24. The number of hydrogen-bond acceptors (Lipinski definition) is 2. The van der Waals surface area contributed by atoms with Gasteiger partial charge in [-0.15, -0.1) is 0 Å². The van der Waals surface area contributed by atoms with E-state index in [4.69, 9.17) is 0 Å². The normalized spacial score (nSPS) is 19.1. The van der Waals surface area contributed by atoms with Crippen molar-refractivity contribution in [2.75, 3.05) is 13.1 Å². The maximum atomic E-state index is 12.2. The van der Waals surface area contributed by atoms with Crippen LogP contribution in [0.4, 0.5) is 13.2 Å². The molecule has 1 saturated heterocycles. The maximum Gasteiger partial charge on any atom is 0.457 e. The van der Waals surface area contributed by atoms with E-state index in [2.05, 4.69) is 4.90 Å². The first kappa shape index (κ1) is 13.4. The van der Waals surface area contributed by atoms with Crippen LogP contribution in [0.1, 0.15) is 18.4 Å². The first-order valence-corrected chi connectivity index (χ1v) is 6.14. The standard InChI is InChI=1S/C13H17F3N2/c14-13(15,16)17-12-6-8-18(9-7-12)10-11-4-2-1-3-5-11/h1-5,12,17H,6-10H2. The summed E-state index contributed by atoms with van der Waals surface area (Å²) in [6, 6.07) is 9.57. The highest BCUT2D eigenvalue weighted by Crippen LogP contribution is 2.18. The molecule has 1 aromatic rings. The molecule has 0 aliphatic carbocycles. The molecule has 2 rings (SSSR count). The Balaban J connectivity index is 1.77. The quantitative estimate of drug-likeness (QED) is 0.839. The topological polar surface area (TPSA) is 15.3 Å². The van der Waals surface area contributed by atoms with E-state index in [9.17, 15) is 13.2 Å². The van der Waals surface area contributed by atoms with Gasteiger partial charge < -0.3 is 0 Å². The van der Waals surface area contributed by atoms with E-state index in [1.807, 2.05) is 30.3 Å². The number of alkyl halides is 3. The zero-order valence-corrected chi connectivity index (χ0v) is 10.1. The Hall–Kier alpha value is -1.07. The van der Waals surface area contributed by atoms with Gasteiger partial charge in [0.1, 0.15) is 0 Å². The van der Waals surface area contributed by atoms with E-state index in [0.717, 1.165) is 6.54 Å². The molecule has 0 saturated carbocycles. The predicted octanol–water partition coefficient (Wildman–Crippen LogP) is 2.76. The molecule has 18 heavy (non-hydrogen) atoms. The molecule has 0 amide bonds. The molecular weight excluding hydrogens is 241 g/mol. The summed E-state index contributed by atoms with van der Waals surface area (Å²) in [5.41, 5.74) is 1.21. The smallest absolute Gasteiger partial charge is 0.299 e. The van der Waals surface area contributed by atoms with Crippen LogP contribution in [0.3, 0.4) is 0 Å². The average molecular weight is 258 g/mol. The van der Waals surface area contributed by atoms with Crippen LogP contribution in [0.25, 0.3) is 0 Å². The summed E-state index contributed by atoms with van der Waals surface area (Å²) in [6.45, 7) is 2.24. The van der Waals surface area contributed by atoms with Crippen molar-refractivity contribution in [3.05, 3.63) is 35.9 Å². The first-order valence-electron chi connectivity index (χ1n) is 6.14. The number of piperidine rings is 1. The summed E-state index contributed by atoms with van der Waals surface area (Å²) < 4.78 is 36.5. The first-order chi connectivity index (χ1) is 8.53. The molecular formula is C13H17F3N2. The molecule has 0 bridgehead atoms. The number of nitrogens with one attached hydrogen (secondary N) is 1. The van der Waals surface area contributed by atoms with Crippen LogP contribution >= 0.6 is 0 Å². The molecule has 0 aromatic heterocycles. The molecule has 0 spiro atoms. The highest BCUT2D eigenvalue weighted by atomic mass is 19.4. The third-order valence-corrected chi connectivity index (χ3v) is 3.20. The highest BCUT2D eigenvalue weighted by Gasteiger charge is 2.32. The van der Waals surface area contributed by atoms with Gasteiger partial charge in [-0.3, -0.25) is 4.90 Å². The van der Waals surface area contributed by atoms with Gasteiger partial charge in [0.05, 0.1) is 0 Å². The lowest BCUT2D eigenvalue weighted by Crippen LogP contribution is -2.47. The summed E-state index contributed by atoms with van der Waals surface area (Å²) in [4.78, 5) is 2.20. The summed E-state index contributed by atoms with van der Waals surface area (Å²) in [5.74, 6) is 0. The fourth-order valence-corrected chi connectivity index (χ4v) is 2.31. The van der Waals surface area contributed by atoms with E-state index < -0.39 is 12.3 Å². The molecule has 0 radical (unpaired) electrons. The van der Waals surface area contributed by atoms with Crippen molar-refractivity contribution in [1.29, 1.82) is 0 Å². The molecule has 100 valence electrons. The summed E-state index contributed by atoms with van der Waals surface area (Å²) in [5, 5.41) is 1.72. The van der Waals surface area contributed by atoms with E-state index in [1.54, 1.807) is 5.32 Å². The van der Waals surface area contributed by atoms with Crippen LogP contribution in [-0.2, 0) is 6.54 Å². The van der Waals surface area contributed by atoms with E-state index in [1.165, 1.54) is 5.56 Å². The zero-order chi connectivity index (χ0) is 13.0. The van der Waals surface area contributed by atoms with Crippen molar-refractivity contribution >= 4 is 0 Å². The van der Waals surface area contributed by atoms with Gasteiger partial charge in [-0.05, 0) is 31.5 Å². The average Bonchev–Trinajstić information content (AvgIpc) is 2.31. The Morgan fingerprint density at radius 1 is 1.11 bits per heavy atom. The van der Waals surface area contributed by atoms with Crippen molar-refractivity contribution in [3.63, 3.8) is 0 Å². The Morgan fingerprint density at radius 2 is 1.72 bits per heavy atom. The zero-order valence-electron chi connectivity index (χ0n) is 10.1. The van der Waals surface area contributed by atoms with E-state index in [0.29, 0.717) is 25.9 Å². The number of halogens is 3. The maximum absolute atomic E-state index is 12.2. The van der Waals surface area contributed by atoms with Crippen molar-refractivity contribution in [2.24, 2.45) is 0 Å². The van der Waals surface area contributed by atoms with Gasteiger partial charge in [0, 0.05) is 12.6 Å². The van der Waals surface area contributed by atoms with Crippen LogP contribution in [0.2, 0.25) is 0 Å². The lowest BCUT2D eigenvalue weighted by atomic mass is 10.0. The van der Waals surface area contributed by atoms with Crippen LogP contribution in [-0.4, -0.2) is 30.3 Å². The molecule has 0 unspecified atom stereocenters. The lowest BCUT2D eigenvalue weighted by Gasteiger charge is -2.32. The largest absolute Gasteiger partial charge is 0.457 e. The number of likely N-dealkylation sites (tertiary alicyclic amines) is 1. The third kappa shape index (κ3) is 4.31. The van der Waals surface area contributed by atoms with Gasteiger partial charge in [0.2, 0.25) is 0 Å². The second-order valence-electron chi connectivity index (χ2n) is 4.68. The minimum absolute atomic E-state index is 0.433. The Bertz CT molecular complexity index is 356. The van der Waals surface area contributed by atoms with Gasteiger partial charge in [-0.2, -0.15) is 13.2 Å². The van der Waals surface area contributed by atoms with Gasteiger partial charge in [-0.1, -0.05) is 30.3 Å². The van der Waals surface area contributed by atoms with Gasteiger partial charge in [0.25, 0.3) is 0 Å². The SMILES string of the molecule is FC(F)(F)NC1CCN(Cc2ccccc2)CC1. The number of rotatable bonds is 3. The Morgan fingerprint density at radius 3 is 2.28 bits per heavy atom. The van der Waals surface area contributed by atoms with Crippen molar-refractivity contribution in [3.8, 4) is 0 Å². The van der Waals surface area contributed by atoms with Crippen molar-refractivity contribution in [2.45, 2.75) is 31.7 Å². The molecule has 1 aromatic carbocycles. The van der Waals surface area contributed by atoms with Crippen molar-refractivity contribution in [1.82, 2.24) is 10.2 Å². The highest BCUT2D eigenvalue weighted by molar-refractivity contribution is 5.14. The predicted molar refractivity (Wildman–Crippen MR) is 63.9 cm³/mol. The number of nitrogens with zero attached hydrogens (tertiary/aromatic N) is 1. The molecule has 1 aliphatic rings. The second-order valence-corrected chi connectivity index (χ2v) is 4.68. The Labute approximate surface area is 105 Å². The summed E-state index contributed by atoms with van der Waals surface area (Å²) in [6.07, 6.45) is -3.16. The molecule has 1 heterocycles. The van der Waals surface area contributed by atoms with Crippen LogP contribution in [0.5, 0.6) is 0 Å². The number of benzene rings is 1. The molecule has 5 heteroatoms. The minimum Gasteiger partial charge on any atom is -0.299 e. The van der Waals surface area contributed by atoms with Gasteiger partial charge >= 0.3 is 6.30 Å². The van der Waals surface area contributed by atoms with Crippen LogP contribution < -0.4 is 5.32 Å².